The molecule has 1 saturated carbocycles. The number of carbonyl (C=O) groups is 1. The van der Waals surface area contributed by atoms with Crippen molar-refractivity contribution in [2.75, 3.05) is 6.79 Å². The van der Waals surface area contributed by atoms with E-state index in [-0.39, 0.29) is 24.0 Å². The number of nitrogens with zero attached hydrogens (tertiary/aromatic N) is 1. The average molecular weight is 405 g/mol. The van der Waals surface area contributed by atoms with Crippen molar-refractivity contribution in [3.05, 3.63) is 65.2 Å². The van der Waals surface area contributed by atoms with E-state index in [1.165, 1.54) is 11.1 Å². The first-order valence-corrected chi connectivity index (χ1v) is 10.3. The van der Waals surface area contributed by atoms with Crippen molar-refractivity contribution in [1.82, 2.24) is 5.43 Å². The lowest BCUT2D eigenvalue weighted by atomic mass is 9.86. The number of benzene rings is 2. The smallest absolute Gasteiger partial charge is 0.243 e. The molecule has 4 rings (SSSR count). The molecule has 2 aliphatic rings. The Morgan fingerprint density at radius 1 is 1.10 bits per heavy atom. The van der Waals surface area contributed by atoms with Crippen LogP contribution in [-0.4, -0.2) is 18.4 Å². The van der Waals surface area contributed by atoms with Gasteiger partial charge < -0.3 is 9.47 Å². The van der Waals surface area contributed by atoms with Crippen molar-refractivity contribution in [2.45, 2.75) is 45.4 Å². The lowest BCUT2D eigenvalue weighted by Crippen LogP contribution is -2.21. The van der Waals surface area contributed by atoms with Gasteiger partial charge in [-0.2, -0.15) is 5.10 Å². The number of allylic oxidation sites excluding steroid dienone is 1. The van der Waals surface area contributed by atoms with E-state index in [2.05, 4.69) is 55.6 Å². The van der Waals surface area contributed by atoms with Crippen LogP contribution in [0.2, 0.25) is 0 Å². The Morgan fingerprint density at radius 3 is 2.57 bits per heavy atom. The van der Waals surface area contributed by atoms with Gasteiger partial charge in [-0.15, -0.1) is 0 Å². The van der Waals surface area contributed by atoms with Crippen LogP contribution in [0.3, 0.4) is 0 Å². The molecule has 0 aromatic heterocycles. The van der Waals surface area contributed by atoms with E-state index in [0.29, 0.717) is 5.92 Å². The predicted molar refractivity (Wildman–Crippen MR) is 119 cm³/mol. The molecule has 2 atom stereocenters. The van der Waals surface area contributed by atoms with Crippen LogP contribution in [0.4, 0.5) is 0 Å². The summed E-state index contributed by atoms with van der Waals surface area (Å²) in [6.07, 6.45) is 4.68. The first-order chi connectivity index (χ1) is 14.3. The number of hydrogen-bond donors (Lipinski definition) is 1. The molecule has 5 nitrogen and oxygen atoms in total. The van der Waals surface area contributed by atoms with Gasteiger partial charge in [-0.05, 0) is 59.6 Å². The van der Waals surface area contributed by atoms with Gasteiger partial charge in [-0.25, -0.2) is 5.43 Å². The SMILES string of the molecule is CC(/C=C/c1ccc2c(c1)OCO2)=N\NC(=O)[C@@H]1C[C@H]1c1ccc(C(C)(C)C)cc1. The monoisotopic (exact) mass is 404 g/mol. The molecule has 5 heteroatoms. The zero-order valence-corrected chi connectivity index (χ0v) is 17.9. The topological polar surface area (TPSA) is 59.9 Å². The van der Waals surface area contributed by atoms with Crippen LogP contribution in [0, 0.1) is 5.92 Å². The number of carbonyl (C=O) groups excluding carboxylic acids is 1. The van der Waals surface area contributed by atoms with Crippen molar-refractivity contribution in [3.8, 4) is 11.5 Å². The van der Waals surface area contributed by atoms with Crippen LogP contribution in [0.1, 0.15) is 56.7 Å². The van der Waals surface area contributed by atoms with Crippen molar-refractivity contribution in [1.29, 1.82) is 0 Å². The third-order valence-electron chi connectivity index (χ3n) is 5.59. The van der Waals surface area contributed by atoms with E-state index in [1.54, 1.807) is 0 Å². The number of fused-ring (bicyclic) bond motifs is 1. The number of hydrogen-bond acceptors (Lipinski definition) is 4. The van der Waals surface area contributed by atoms with Crippen molar-refractivity contribution < 1.29 is 14.3 Å². The maximum absolute atomic E-state index is 12.4. The molecule has 0 unspecified atom stereocenters. The maximum atomic E-state index is 12.4. The molecule has 0 spiro atoms. The minimum Gasteiger partial charge on any atom is -0.454 e. The van der Waals surface area contributed by atoms with Gasteiger partial charge in [0, 0.05) is 5.92 Å². The fourth-order valence-corrected chi connectivity index (χ4v) is 3.58. The van der Waals surface area contributed by atoms with Crippen LogP contribution < -0.4 is 14.9 Å². The summed E-state index contributed by atoms with van der Waals surface area (Å²) in [6, 6.07) is 14.4. The van der Waals surface area contributed by atoms with E-state index in [4.69, 9.17) is 9.47 Å². The Balaban J connectivity index is 1.30. The molecule has 156 valence electrons. The normalized spacial score (nSPS) is 20.5. The molecular weight excluding hydrogens is 376 g/mol. The zero-order chi connectivity index (χ0) is 21.3. The highest BCUT2D eigenvalue weighted by Gasteiger charge is 2.44. The number of hydrazone groups is 1. The lowest BCUT2D eigenvalue weighted by molar-refractivity contribution is -0.122. The highest BCUT2D eigenvalue weighted by atomic mass is 16.7. The van der Waals surface area contributed by atoms with Crippen LogP contribution >= 0.6 is 0 Å². The number of rotatable bonds is 5. The predicted octanol–water partition coefficient (Wildman–Crippen LogP) is 5.02. The molecule has 0 saturated heterocycles. The summed E-state index contributed by atoms with van der Waals surface area (Å²) in [5.41, 5.74) is 7.10. The molecule has 2 aromatic carbocycles. The van der Waals surface area contributed by atoms with Crippen LogP contribution in [0.15, 0.2) is 53.6 Å². The summed E-state index contributed by atoms with van der Waals surface area (Å²) in [7, 11) is 0. The van der Waals surface area contributed by atoms with Crippen LogP contribution in [0.25, 0.3) is 6.08 Å². The van der Waals surface area contributed by atoms with E-state index in [0.717, 1.165) is 29.2 Å². The lowest BCUT2D eigenvalue weighted by Gasteiger charge is -2.19. The Morgan fingerprint density at radius 2 is 1.83 bits per heavy atom. The highest BCUT2D eigenvalue weighted by Crippen LogP contribution is 2.47. The van der Waals surface area contributed by atoms with Crippen LogP contribution in [0.5, 0.6) is 11.5 Å². The van der Waals surface area contributed by atoms with E-state index >= 15 is 0 Å². The summed E-state index contributed by atoms with van der Waals surface area (Å²) in [5.74, 6) is 1.78. The fourth-order valence-electron chi connectivity index (χ4n) is 3.58. The number of ether oxygens (including phenoxy) is 2. The Hall–Kier alpha value is -3.08. The largest absolute Gasteiger partial charge is 0.454 e. The van der Waals surface area contributed by atoms with Gasteiger partial charge in [-0.1, -0.05) is 57.2 Å². The summed E-state index contributed by atoms with van der Waals surface area (Å²) >= 11 is 0. The van der Waals surface area contributed by atoms with Gasteiger partial charge in [-0.3, -0.25) is 4.79 Å². The second kappa shape index (κ2) is 7.98. The summed E-state index contributed by atoms with van der Waals surface area (Å²) in [4.78, 5) is 12.4. The standard InChI is InChI=1S/C25H28N2O3/c1-16(5-6-17-7-12-22-23(13-17)30-15-29-22)26-27-24(28)21-14-20(21)18-8-10-19(11-9-18)25(2,3)4/h5-13,20-21H,14-15H2,1-4H3,(H,27,28)/b6-5+,26-16+/t20-,21+/m0/s1. The minimum absolute atomic E-state index is 0.000115. The van der Waals surface area contributed by atoms with E-state index in [9.17, 15) is 4.79 Å². The summed E-state index contributed by atoms with van der Waals surface area (Å²) in [6.45, 7) is 8.74. The Kier molecular flexibility index (Phi) is 5.37. The Labute approximate surface area is 177 Å². The van der Waals surface area contributed by atoms with Crippen molar-refractivity contribution >= 4 is 17.7 Å². The minimum atomic E-state index is -0.0178. The molecule has 0 bridgehead atoms. The van der Waals surface area contributed by atoms with E-state index in [1.807, 2.05) is 37.3 Å². The van der Waals surface area contributed by atoms with Gasteiger partial charge >= 0.3 is 0 Å². The molecular formula is C25H28N2O3. The van der Waals surface area contributed by atoms with E-state index < -0.39 is 0 Å². The quantitative estimate of drug-likeness (QED) is 0.562. The van der Waals surface area contributed by atoms with Gasteiger partial charge in [0.1, 0.15) is 0 Å². The fraction of sp³-hybridized carbons (Fsp3) is 0.360. The summed E-state index contributed by atoms with van der Waals surface area (Å²) < 4.78 is 10.7. The van der Waals surface area contributed by atoms with Crippen LogP contribution in [-0.2, 0) is 10.2 Å². The Bertz CT molecular complexity index is 1000. The highest BCUT2D eigenvalue weighted by molar-refractivity contribution is 5.97. The first-order valence-electron chi connectivity index (χ1n) is 10.3. The first kappa shape index (κ1) is 20.2. The molecule has 1 amide bonds. The molecule has 1 aliphatic heterocycles. The average Bonchev–Trinajstić information content (AvgIpc) is 3.39. The molecule has 2 aromatic rings. The molecule has 0 radical (unpaired) electrons. The number of nitrogens with one attached hydrogen (secondary N) is 1. The molecule has 1 heterocycles. The third-order valence-corrected chi connectivity index (χ3v) is 5.59. The zero-order valence-electron chi connectivity index (χ0n) is 17.9. The third kappa shape index (κ3) is 4.56. The van der Waals surface area contributed by atoms with Gasteiger partial charge in [0.25, 0.3) is 0 Å². The van der Waals surface area contributed by atoms with Gasteiger partial charge in [0.15, 0.2) is 11.5 Å². The second-order valence-corrected chi connectivity index (χ2v) is 9.00. The maximum Gasteiger partial charge on any atom is 0.243 e. The summed E-state index contributed by atoms with van der Waals surface area (Å²) in [5, 5.41) is 4.22. The van der Waals surface area contributed by atoms with Crippen molar-refractivity contribution in [3.63, 3.8) is 0 Å². The van der Waals surface area contributed by atoms with Crippen molar-refractivity contribution in [2.24, 2.45) is 11.0 Å². The molecule has 1 aliphatic carbocycles. The second-order valence-electron chi connectivity index (χ2n) is 9.00. The molecule has 1 fully saturated rings. The van der Waals surface area contributed by atoms with Gasteiger partial charge in [0.2, 0.25) is 12.7 Å². The molecule has 30 heavy (non-hydrogen) atoms. The molecule has 1 N–H and O–H groups in total. The number of amides is 1. The van der Waals surface area contributed by atoms with Gasteiger partial charge in [0.05, 0.1) is 5.71 Å².